The summed E-state index contributed by atoms with van der Waals surface area (Å²) in [5.41, 5.74) is -0.417. The third-order valence-electron chi connectivity index (χ3n) is 8.50. The molecule has 0 aromatic heterocycles. The van der Waals surface area contributed by atoms with Crippen LogP contribution in [0.25, 0.3) is 0 Å². The maximum Gasteiger partial charge on any atom is 0.246 e. The Labute approximate surface area is 265 Å². The maximum atomic E-state index is 14.2. The summed E-state index contributed by atoms with van der Waals surface area (Å²) in [6.07, 6.45) is 2.50. The number of hydrogen-bond donors (Lipinski definition) is 3. The van der Waals surface area contributed by atoms with Crippen LogP contribution in [0.1, 0.15) is 102 Å². The summed E-state index contributed by atoms with van der Waals surface area (Å²) < 4.78 is 0. The Bertz CT molecular complexity index is 1040. The zero-order chi connectivity index (χ0) is 33.7. The molecule has 2 aliphatic rings. The summed E-state index contributed by atoms with van der Waals surface area (Å²) in [7, 11) is 1.61. The first-order valence-electron chi connectivity index (χ1n) is 16.5. The molecule has 2 fully saturated rings. The van der Waals surface area contributed by atoms with E-state index in [2.05, 4.69) is 16.0 Å². The van der Waals surface area contributed by atoms with E-state index in [1.165, 1.54) is 4.90 Å². The summed E-state index contributed by atoms with van der Waals surface area (Å²) in [5, 5.41) is 9.25. The third-order valence-corrected chi connectivity index (χ3v) is 8.50. The monoisotopic (exact) mass is 620 g/mol. The minimum absolute atomic E-state index is 0.0161. The van der Waals surface area contributed by atoms with Gasteiger partial charge in [-0.3, -0.25) is 24.0 Å². The lowest BCUT2D eigenvalue weighted by atomic mass is 9.96. The van der Waals surface area contributed by atoms with Gasteiger partial charge in [-0.2, -0.15) is 0 Å². The van der Waals surface area contributed by atoms with Gasteiger partial charge in [0.25, 0.3) is 0 Å². The van der Waals surface area contributed by atoms with E-state index in [4.69, 9.17) is 0 Å². The maximum absolute atomic E-state index is 14.2. The van der Waals surface area contributed by atoms with Crippen LogP contribution in [0.15, 0.2) is 0 Å². The Morgan fingerprint density at radius 2 is 1.27 bits per heavy atom. The smallest absolute Gasteiger partial charge is 0.246 e. The molecule has 2 saturated heterocycles. The summed E-state index contributed by atoms with van der Waals surface area (Å²) in [4.78, 5) is 73.1. The van der Waals surface area contributed by atoms with Gasteiger partial charge >= 0.3 is 0 Å². The van der Waals surface area contributed by atoms with Crippen LogP contribution in [0, 0.1) is 17.8 Å². The van der Waals surface area contributed by atoms with Gasteiger partial charge in [-0.25, -0.2) is 0 Å². The van der Waals surface area contributed by atoms with Crippen molar-refractivity contribution < 1.29 is 24.0 Å². The van der Waals surface area contributed by atoms with Crippen LogP contribution in [0.3, 0.4) is 0 Å². The standard InChI is InChI=1S/C33H60N6O5/c1-19(2)25(34-22(7)8)29(41)35-26(20(3)4)31(43)37(12)27(21(5)6)32(44)39-18-14-16-24(39)30(42)38-17-13-15-23(38)28(40)36-33(9,10)11/h19-27,34H,13-18H2,1-12H3,(H,35,41)(H,36,40)/t23-,24-,25-,26-,27-/m0/s1. The first-order chi connectivity index (χ1) is 20.3. The van der Waals surface area contributed by atoms with E-state index in [0.717, 1.165) is 6.42 Å². The molecular weight excluding hydrogens is 560 g/mol. The molecular formula is C33H60N6O5. The fourth-order valence-electron chi connectivity index (χ4n) is 6.35. The number of nitrogens with one attached hydrogen (secondary N) is 3. The quantitative estimate of drug-likeness (QED) is 0.307. The van der Waals surface area contributed by atoms with Crippen molar-refractivity contribution >= 4 is 29.5 Å². The first kappa shape index (κ1) is 37.5. The Kier molecular flexibility index (Phi) is 13.2. The molecule has 2 heterocycles. The highest BCUT2D eigenvalue weighted by atomic mass is 16.2. The molecule has 0 bridgehead atoms. The Morgan fingerprint density at radius 3 is 1.75 bits per heavy atom. The van der Waals surface area contributed by atoms with Crippen LogP contribution in [0.5, 0.6) is 0 Å². The lowest BCUT2D eigenvalue weighted by Crippen LogP contribution is -2.61. The number of amides is 5. The van der Waals surface area contributed by atoms with E-state index >= 15 is 0 Å². The molecule has 11 heteroatoms. The Hall–Kier alpha value is -2.69. The molecule has 0 aromatic rings. The van der Waals surface area contributed by atoms with Gasteiger partial charge in [-0.1, -0.05) is 55.4 Å². The number of carbonyl (C=O) groups is 5. The average molecular weight is 621 g/mol. The number of likely N-dealkylation sites (tertiary alicyclic amines) is 2. The number of carbonyl (C=O) groups excluding carboxylic acids is 5. The van der Waals surface area contributed by atoms with Crippen molar-refractivity contribution in [3.05, 3.63) is 0 Å². The second kappa shape index (κ2) is 15.5. The van der Waals surface area contributed by atoms with Crippen LogP contribution in [-0.2, 0) is 24.0 Å². The molecule has 0 aliphatic carbocycles. The normalized spacial score (nSPS) is 21.2. The second-order valence-electron chi connectivity index (χ2n) is 15.0. The molecule has 2 rings (SSSR count). The highest BCUT2D eigenvalue weighted by Gasteiger charge is 2.46. The van der Waals surface area contributed by atoms with Gasteiger partial charge in [0.05, 0.1) is 6.04 Å². The molecule has 5 amide bonds. The fourth-order valence-corrected chi connectivity index (χ4v) is 6.35. The van der Waals surface area contributed by atoms with Crippen LogP contribution >= 0.6 is 0 Å². The number of rotatable bonds is 12. The van der Waals surface area contributed by atoms with E-state index in [0.29, 0.717) is 32.4 Å². The molecule has 11 nitrogen and oxygen atoms in total. The molecule has 44 heavy (non-hydrogen) atoms. The molecule has 3 N–H and O–H groups in total. The van der Waals surface area contributed by atoms with Crippen LogP contribution in [0.2, 0.25) is 0 Å². The number of likely N-dealkylation sites (N-methyl/N-ethyl adjacent to an activating group) is 1. The van der Waals surface area contributed by atoms with Crippen molar-refractivity contribution in [1.29, 1.82) is 0 Å². The number of hydrogen-bond acceptors (Lipinski definition) is 6. The highest BCUT2D eigenvalue weighted by molar-refractivity contribution is 5.96. The predicted molar refractivity (Wildman–Crippen MR) is 172 cm³/mol. The van der Waals surface area contributed by atoms with Gasteiger partial charge in [0.2, 0.25) is 29.5 Å². The van der Waals surface area contributed by atoms with Gasteiger partial charge < -0.3 is 30.7 Å². The van der Waals surface area contributed by atoms with Crippen molar-refractivity contribution in [3.8, 4) is 0 Å². The number of nitrogens with zero attached hydrogens (tertiary/aromatic N) is 3. The molecule has 252 valence electrons. The largest absolute Gasteiger partial charge is 0.350 e. The van der Waals surface area contributed by atoms with E-state index in [1.54, 1.807) is 16.8 Å². The van der Waals surface area contributed by atoms with Crippen LogP contribution in [0.4, 0.5) is 0 Å². The van der Waals surface area contributed by atoms with Crippen molar-refractivity contribution in [3.63, 3.8) is 0 Å². The molecule has 5 atom stereocenters. The molecule has 0 aromatic carbocycles. The van der Waals surface area contributed by atoms with Gasteiger partial charge in [0, 0.05) is 31.7 Å². The van der Waals surface area contributed by atoms with Crippen molar-refractivity contribution in [2.24, 2.45) is 17.8 Å². The van der Waals surface area contributed by atoms with Gasteiger partial charge in [0.1, 0.15) is 24.2 Å². The Balaban J connectivity index is 2.26. The minimum Gasteiger partial charge on any atom is -0.350 e. The highest BCUT2D eigenvalue weighted by Crippen LogP contribution is 2.28. The van der Waals surface area contributed by atoms with Gasteiger partial charge in [0.15, 0.2) is 0 Å². The summed E-state index contributed by atoms with van der Waals surface area (Å²) in [6, 6.07) is -3.24. The molecule has 0 spiro atoms. The minimum atomic E-state index is -0.820. The SMILES string of the molecule is CC(C)N[C@H](C(=O)N[C@H](C(=O)N(C)[C@H](C(=O)N1CCC[C@H]1C(=O)N1CCC[C@H]1C(=O)NC(C)(C)C)C(C)C)C(C)C)C(C)C. The van der Waals surface area contributed by atoms with Crippen molar-refractivity contribution in [2.75, 3.05) is 20.1 Å². The summed E-state index contributed by atoms with van der Waals surface area (Å²) >= 11 is 0. The topological polar surface area (TPSA) is 131 Å². The molecule has 0 saturated carbocycles. The third kappa shape index (κ3) is 9.41. The predicted octanol–water partition coefficient (Wildman–Crippen LogP) is 2.53. The lowest BCUT2D eigenvalue weighted by Gasteiger charge is -2.38. The molecule has 0 radical (unpaired) electrons. The molecule has 0 unspecified atom stereocenters. The van der Waals surface area contributed by atoms with Gasteiger partial charge in [-0.15, -0.1) is 0 Å². The summed E-state index contributed by atoms with van der Waals surface area (Å²) in [5.74, 6) is -1.68. The zero-order valence-electron chi connectivity index (χ0n) is 29.3. The van der Waals surface area contributed by atoms with Crippen LogP contribution in [-0.4, -0.2) is 106 Å². The van der Waals surface area contributed by atoms with Crippen molar-refractivity contribution in [1.82, 2.24) is 30.7 Å². The van der Waals surface area contributed by atoms with Gasteiger partial charge in [-0.05, 0) is 64.2 Å². The summed E-state index contributed by atoms with van der Waals surface area (Å²) in [6.45, 7) is 22.0. The molecule has 2 aliphatic heterocycles. The Morgan fingerprint density at radius 1 is 0.750 bits per heavy atom. The fraction of sp³-hybridized carbons (Fsp3) is 0.848. The van der Waals surface area contributed by atoms with E-state index in [9.17, 15) is 24.0 Å². The van der Waals surface area contributed by atoms with Crippen LogP contribution < -0.4 is 16.0 Å². The van der Waals surface area contributed by atoms with E-state index < -0.39 is 35.7 Å². The van der Waals surface area contributed by atoms with Crippen molar-refractivity contribution in [2.45, 2.75) is 144 Å². The first-order valence-corrected chi connectivity index (χ1v) is 16.5. The average Bonchev–Trinajstić information content (AvgIpc) is 3.58. The zero-order valence-corrected chi connectivity index (χ0v) is 29.3. The lowest BCUT2D eigenvalue weighted by molar-refractivity contribution is -0.153. The van der Waals surface area contributed by atoms with E-state index in [-0.39, 0.29) is 53.3 Å². The van der Waals surface area contributed by atoms with E-state index in [1.807, 2.05) is 76.2 Å². The second-order valence-corrected chi connectivity index (χ2v) is 15.0.